The van der Waals surface area contributed by atoms with E-state index in [1.807, 2.05) is 30.0 Å². The predicted molar refractivity (Wildman–Crippen MR) is 112 cm³/mol. The van der Waals surface area contributed by atoms with Crippen LogP contribution in [0.1, 0.15) is 23.1 Å². The van der Waals surface area contributed by atoms with E-state index >= 15 is 0 Å². The van der Waals surface area contributed by atoms with E-state index in [4.69, 9.17) is 9.47 Å². The van der Waals surface area contributed by atoms with Crippen LogP contribution in [0.4, 0.5) is 5.69 Å². The van der Waals surface area contributed by atoms with Crippen molar-refractivity contribution in [2.75, 3.05) is 37.0 Å². The van der Waals surface area contributed by atoms with E-state index in [-0.39, 0.29) is 0 Å². The summed E-state index contributed by atoms with van der Waals surface area (Å²) in [6.07, 6.45) is 1.06. The fourth-order valence-electron chi connectivity index (χ4n) is 4.24. The van der Waals surface area contributed by atoms with E-state index in [0.717, 1.165) is 35.2 Å². The third-order valence-electron chi connectivity index (χ3n) is 5.70. The molecule has 28 heavy (non-hydrogen) atoms. The molecule has 0 bridgehead atoms. The number of fused-ring (bicyclic) bond motifs is 1. The Balaban J connectivity index is 1.60. The molecular weight excluding hydrogens is 372 g/mol. The zero-order valence-corrected chi connectivity index (χ0v) is 17.1. The Labute approximate surface area is 169 Å². The standard InChI is InChI=1S/C22H25N2O3S/c1-15-4-5-16(2)18(12-15)23-14-22(25,24-8-3-11-28-21(23)24)17-6-7-19-20(13-17)27-10-9-26-19/h4-7,12-13,25H,3,8-11,14H2,1-2H3/q+1. The lowest BCUT2D eigenvalue weighted by Crippen LogP contribution is -2.41. The van der Waals surface area contributed by atoms with Gasteiger partial charge in [0, 0.05) is 11.3 Å². The number of benzene rings is 2. The molecule has 0 radical (unpaired) electrons. The van der Waals surface area contributed by atoms with Crippen LogP contribution in [0.5, 0.6) is 11.5 Å². The number of nitrogens with zero attached hydrogens (tertiary/aromatic N) is 2. The molecular formula is C22H25N2O3S+. The molecule has 0 aliphatic carbocycles. The fraction of sp³-hybridized carbons (Fsp3) is 0.409. The van der Waals surface area contributed by atoms with E-state index in [2.05, 4.69) is 41.5 Å². The maximum Gasteiger partial charge on any atom is 0.316 e. The molecule has 2 aromatic carbocycles. The minimum absolute atomic E-state index is 0.499. The van der Waals surface area contributed by atoms with Crippen LogP contribution in [0, 0.1) is 13.8 Å². The van der Waals surface area contributed by atoms with Crippen LogP contribution in [-0.4, -0.2) is 46.9 Å². The smallest absolute Gasteiger partial charge is 0.316 e. The van der Waals surface area contributed by atoms with Gasteiger partial charge in [0.05, 0.1) is 6.54 Å². The summed E-state index contributed by atoms with van der Waals surface area (Å²) in [4.78, 5) is 2.28. The topological polar surface area (TPSA) is 44.9 Å². The second kappa shape index (κ2) is 6.71. The van der Waals surface area contributed by atoms with Crippen molar-refractivity contribution in [3.8, 4) is 11.5 Å². The number of anilines is 1. The molecule has 1 atom stereocenters. The van der Waals surface area contributed by atoms with Gasteiger partial charge in [0.1, 0.15) is 18.9 Å². The number of β-amino-alcohol motifs (C(OH)–C–C–N with tert-alkyl or cyclic N) is 1. The van der Waals surface area contributed by atoms with Gasteiger partial charge in [0.25, 0.3) is 5.72 Å². The SMILES string of the molecule is Cc1ccc(C)c(N2CC(O)(c3ccc4c(c3)OCCO4)[N+]3=C2SCCC3)c1. The molecule has 3 heterocycles. The van der Waals surface area contributed by atoms with Gasteiger partial charge in [0.15, 0.2) is 18.0 Å². The summed E-state index contributed by atoms with van der Waals surface area (Å²) in [7, 11) is 0. The Morgan fingerprint density at radius 2 is 1.89 bits per heavy atom. The molecule has 0 saturated carbocycles. The number of rotatable bonds is 2. The predicted octanol–water partition coefficient (Wildman–Crippen LogP) is 3.25. The largest absolute Gasteiger partial charge is 0.486 e. The lowest BCUT2D eigenvalue weighted by atomic mass is 10.0. The van der Waals surface area contributed by atoms with Crippen molar-refractivity contribution in [3.63, 3.8) is 0 Å². The van der Waals surface area contributed by atoms with Crippen molar-refractivity contribution in [1.29, 1.82) is 0 Å². The summed E-state index contributed by atoms with van der Waals surface area (Å²) in [5.41, 5.74) is 3.38. The van der Waals surface area contributed by atoms with Crippen LogP contribution in [0.25, 0.3) is 0 Å². The van der Waals surface area contributed by atoms with E-state index < -0.39 is 5.72 Å². The van der Waals surface area contributed by atoms with Gasteiger partial charge < -0.3 is 14.6 Å². The second-order valence-electron chi connectivity index (χ2n) is 7.69. The summed E-state index contributed by atoms with van der Waals surface area (Å²) in [5.74, 6) is 2.54. The van der Waals surface area contributed by atoms with Crippen molar-refractivity contribution < 1.29 is 19.2 Å². The molecule has 1 unspecified atom stereocenters. The number of thioether (sulfide) groups is 1. The highest BCUT2D eigenvalue weighted by molar-refractivity contribution is 8.13. The molecule has 3 aliphatic rings. The summed E-state index contributed by atoms with van der Waals surface area (Å²) in [6.45, 7) is 6.70. The van der Waals surface area contributed by atoms with Crippen LogP contribution >= 0.6 is 11.8 Å². The Bertz CT molecular complexity index is 974. The van der Waals surface area contributed by atoms with Crippen LogP contribution in [0.3, 0.4) is 0 Å². The van der Waals surface area contributed by atoms with Gasteiger partial charge >= 0.3 is 5.17 Å². The molecule has 5 rings (SSSR count). The first kappa shape index (κ1) is 17.9. The van der Waals surface area contributed by atoms with E-state index in [9.17, 15) is 5.11 Å². The Morgan fingerprint density at radius 1 is 1.07 bits per heavy atom. The average molecular weight is 398 g/mol. The minimum atomic E-state index is -1.09. The van der Waals surface area contributed by atoms with Gasteiger partial charge in [-0.15, -0.1) is 0 Å². The molecule has 0 saturated heterocycles. The molecule has 2 aromatic rings. The number of aryl methyl sites for hydroxylation is 2. The number of aliphatic hydroxyl groups is 1. The van der Waals surface area contributed by atoms with Gasteiger partial charge in [0.2, 0.25) is 0 Å². The molecule has 0 fully saturated rings. The van der Waals surface area contributed by atoms with E-state index in [1.54, 1.807) is 0 Å². The molecule has 3 aliphatic heterocycles. The van der Waals surface area contributed by atoms with Crippen molar-refractivity contribution in [3.05, 3.63) is 53.1 Å². The van der Waals surface area contributed by atoms with Crippen LogP contribution in [0.15, 0.2) is 36.4 Å². The van der Waals surface area contributed by atoms with Crippen molar-refractivity contribution in [2.45, 2.75) is 26.0 Å². The first-order valence-electron chi connectivity index (χ1n) is 9.81. The van der Waals surface area contributed by atoms with E-state index in [0.29, 0.717) is 25.5 Å². The van der Waals surface area contributed by atoms with Gasteiger partial charge in [-0.2, -0.15) is 0 Å². The molecule has 6 heteroatoms. The van der Waals surface area contributed by atoms with Crippen LogP contribution in [-0.2, 0) is 5.72 Å². The van der Waals surface area contributed by atoms with Crippen LogP contribution in [0.2, 0.25) is 0 Å². The first-order valence-corrected chi connectivity index (χ1v) is 10.8. The molecule has 146 valence electrons. The van der Waals surface area contributed by atoms with Gasteiger partial charge in [-0.25, -0.2) is 9.48 Å². The third-order valence-corrected chi connectivity index (χ3v) is 6.90. The molecule has 0 amide bonds. The molecule has 5 nitrogen and oxygen atoms in total. The highest BCUT2D eigenvalue weighted by Crippen LogP contribution is 2.41. The van der Waals surface area contributed by atoms with Crippen molar-refractivity contribution in [1.82, 2.24) is 0 Å². The van der Waals surface area contributed by atoms with E-state index in [1.165, 1.54) is 16.8 Å². The quantitative estimate of drug-likeness (QED) is 0.789. The molecule has 0 spiro atoms. The summed E-state index contributed by atoms with van der Waals surface area (Å²) in [5, 5.41) is 13.0. The fourth-order valence-corrected chi connectivity index (χ4v) is 5.41. The highest BCUT2D eigenvalue weighted by atomic mass is 32.2. The lowest BCUT2D eigenvalue weighted by molar-refractivity contribution is -0.656. The Hall–Kier alpha value is -2.18. The number of hydrogen-bond donors (Lipinski definition) is 1. The summed E-state index contributed by atoms with van der Waals surface area (Å²) < 4.78 is 13.6. The maximum absolute atomic E-state index is 11.9. The van der Waals surface area contributed by atoms with Gasteiger partial charge in [-0.1, -0.05) is 12.1 Å². The van der Waals surface area contributed by atoms with Gasteiger partial charge in [-0.05, 0) is 67.4 Å². The summed E-state index contributed by atoms with van der Waals surface area (Å²) in [6, 6.07) is 12.3. The highest BCUT2D eigenvalue weighted by Gasteiger charge is 2.53. The monoisotopic (exact) mass is 397 g/mol. The number of hydrogen-bond acceptors (Lipinski definition) is 5. The van der Waals surface area contributed by atoms with Crippen LogP contribution < -0.4 is 14.4 Å². The van der Waals surface area contributed by atoms with Crippen molar-refractivity contribution in [2.24, 2.45) is 0 Å². The molecule has 0 aromatic heterocycles. The lowest BCUT2D eigenvalue weighted by Gasteiger charge is -2.26. The number of ether oxygens (including phenoxy) is 2. The third kappa shape index (κ3) is 2.78. The Morgan fingerprint density at radius 3 is 2.75 bits per heavy atom. The molecule has 1 N–H and O–H groups in total. The zero-order valence-electron chi connectivity index (χ0n) is 16.3. The van der Waals surface area contributed by atoms with Crippen molar-refractivity contribution >= 4 is 22.6 Å². The normalized spacial score (nSPS) is 23.8. The number of amidine groups is 1. The minimum Gasteiger partial charge on any atom is -0.486 e. The average Bonchev–Trinajstić information content (AvgIpc) is 3.03. The maximum atomic E-state index is 11.9. The Kier molecular flexibility index (Phi) is 4.29. The second-order valence-corrected chi connectivity index (χ2v) is 8.75. The summed E-state index contributed by atoms with van der Waals surface area (Å²) >= 11 is 1.83. The zero-order chi connectivity index (χ0) is 19.3. The first-order chi connectivity index (χ1) is 13.6. The van der Waals surface area contributed by atoms with Gasteiger partial charge in [-0.3, -0.25) is 0 Å².